The molecule has 0 aliphatic heterocycles. The van der Waals surface area contributed by atoms with Crippen LogP contribution in [0.3, 0.4) is 0 Å². The molecule has 0 spiro atoms. The third kappa shape index (κ3) is 9.30. The van der Waals surface area contributed by atoms with Crippen molar-refractivity contribution in [3.05, 3.63) is 141 Å². The molecule has 0 aliphatic carbocycles. The number of aldehydes is 2. The quantitative estimate of drug-likeness (QED) is 0.179. The maximum Gasteiger partial charge on any atom is 0.338 e. The number of esters is 1. The molecule has 4 aromatic carbocycles. The van der Waals surface area contributed by atoms with E-state index in [1.165, 1.54) is 36.4 Å². The third-order valence-corrected chi connectivity index (χ3v) is 5.99. The van der Waals surface area contributed by atoms with Crippen LogP contribution in [0.15, 0.2) is 84.9 Å². The number of hydrogen-bond acceptors (Lipinski definition) is 5. The molecule has 1 N–H and O–H groups in total. The van der Waals surface area contributed by atoms with Crippen molar-refractivity contribution >= 4 is 24.5 Å². The highest BCUT2D eigenvalue weighted by Crippen LogP contribution is 2.17. The molecule has 0 atom stereocenters. The van der Waals surface area contributed by atoms with Crippen LogP contribution in [-0.2, 0) is 17.6 Å². The molecular formula is C34H30F2O6. The lowest BCUT2D eigenvalue weighted by Crippen LogP contribution is -2.23. The molecule has 0 bridgehead atoms. The number of rotatable bonds is 8. The maximum atomic E-state index is 13.6. The first-order chi connectivity index (χ1) is 19.9. The molecule has 0 unspecified atom stereocenters. The van der Waals surface area contributed by atoms with Gasteiger partial charge in [-0.25, -0.2) is 18.4 Å². The van der Waals surface area contributed by atoms with Gasteiger partial charge in [-0.05, 0) is 104 Å². The van der Waals surface area contributed by atoms with Gasteiger partial charge in [-0.2, -0.15) is 0 Å². The van der Waals surface area contributed by atoms with Gasteiger partial charge in [0.2, 0.25) is 0 Å². The minimum Gasteiger partial charge on any atom is -0.478 e. The van der Waals surface area contributed by atoms with E-state index in [0.717, 1.165) is 22.3 Å². The van der Waals surface area contributed by atoms with Gasteiger partial charge >= 0.3 is 11.9 Å². The fourth-order valence-electron chi connectivity index (χ4n) is 3.88. The molecule has 6 nitrogen and oxygen atoms in total. The zero-order valence-electron chi connectivity index (χ0n) is 23.4. The molecule has 42 heavy (non-hydrogen) atoms. The van der Waals surface area contributed by atoms with Gasteiger partial charge in [-0.1, -0.05) is 36.4 Å². The van der Waals surface area contributed by atoms with E-state index < -0.39 is 23.2 Å². The number of carbonyl (C=O) groups excluding carboxylic acids is 3. The first kappa shape index (κ1) is 31.5. The fraction of sp³-hybridized carbons (Fsp3) is 0.176. The van der Waals surface area contributed by atoms with Crippen LogP contribution >= 0.6 is 0 Å². The molecule has 0 heterocycles. The topological polar surface area (TPSA) is 97.7 Å². The van der Waals surface area contributed by atoms with Gasteiger partial charge in [0, 0.05) is 0 Å². The summed E-state index contributed by atoms with van der Waals surface area (Å²) in [7, 11) is 0. The standard InChI is InChI=1S/C19H19FO3.C15H11FO3/c1-19(2,3)23-18(22)15-7-4-13(5-8-15)10-14-6-9-16(12-21)17(20)11-14;16-14-8-11(3-6-13(14)9-17)7-10-1-4-12(5-2-10)15(18)19/h4-9,11-12H,10H2,1-3H3;1-6,8-9H,7H2,(H,18,19). The number of carboxylic acids is 1. The van der Waals surface area contributed by atoms with Gasteiger partial charge < -0.3 is 9.84 Å². The zero-order chi connectivity index (χ0) is 30.9. The van der Waals surface area contributed by atoms with Gasteiger partial charge in [0.25, 0.3) is 0 Å². The average molecular weight is 573 g/mol. The Kier molecular flexibility index (Phi) is 10.6. The van der Waals surface area contributed by atoms with Crippen molar-refractivity contribution in [3.63, 3.8) is 0 Å². The Morgan fingerprint density at radius 3 is 1.38 bits per heavy atom. The van der Waals surface area contributed by atoms with Gasteiger partial charge in [-0.3, -0.25) is 9.59 Å². The van der Waals surface area contributed by atoms with Crippen LogP contribution in [0, 0.1) is 11.6 Å². The Bertz CT molecular complexity index is 1570. The molecule has 0 aromatic heterocycles. The Labute approximate surface area is 242 Å². The van der Waals surface area contributed by atoms with E-state index in [1.54, 1.807) is 36.4 Å². The zero-order valence-corrected chi connectivity index (χ0v) is 23.4. The highest BCUT2D eigenvalue weighted by molar-refractivity contribution is 5.89. The molecule has 0 radical (unpaired) electrons. The number of carbonyl (C=O) groups is 4. The van der Waals surface area contributed by atoms with E-state index in [1.807, 2.05) is 32.9 Å². The average Bonchev–Trinajstić information content (AvgIpc) is 2.93. The minimum atomic E-state index is -0.979. The second-order valence-corrected chi connectivity index (χ2v) is 10.5. The largest absolute Gasteiger partial charge is 0.478 e. The van der Waals surface area contributed by atoms with Gasteiger partial charge in [0.05, 0.1) is 22.3 Å². The smallest absolute Gasteiger partial charge is 0.338 e. The maximum absolute atomic E-state index is 13.6. The van der Waals surface area contributed by atoms with Crippen LogP contribution in [-0.4, -0.2) is 35.2 Å². The number of hydrogen-bond donors (Lipinski definition) is 1. The van der Waals surface area contributed by atoms with Crippen molar-refractivity contribution < 1.29 is 37.8 Å². The third-order valence-electron chi connectivity index (χ3n) is 5.99. The summed E-state index contributed by atoms with van der Waals surface area (Å²) in [6.45, 7) is 5.45. The van der Waals surface area contributed by atoms with Crippen molar-refractivity contribution in [2.24, 2.45) is 0 Å². The summed E-state index contributed by atoms with van der Waals surface area (Å²) >= 11 is 0. The SMILES string of the molecule is CC(C)(C)OC(=O)c1ccc(Cc2ccc(C=O)c(F)c2)cc1.O=Cc1ccc(Cc2ccc(C(=O)O)cc2)cc1F. The molecule has 0 amide bonds. The lowest BCUT2D eigenvalue weighted by atomic mass is 10.0. The second kappa shape index (κ2) is 14.1. The van der Waals surface area contributed by atoms with Crippen molar-refractivity contribution in [3.8, 4) is 0 Å². The normalized spacial score (nSPS) is 10.7. The van der Waals surface area contributed by atoms with Crippen LogP contribution in [0.25, 0.3) is 0 Å². The summed E-state index contributed by atoms with van der Waals surface area (Å²) in [5, 5.41) is 8.78. The Hall–Kier alpha value is -4.98. The minimum absolute atomic E-state index is 0.0324. The predicted octanol–water partition coefficient (Wildman–Crippen LogP) is 7.11. The van der Waals surface area contributed by atoms with E-state index in [4.69, 9.17) is 9.84 Å². The molecule has 0 saturated heterocycles. The summed E-state index contributed by atoms with van der Waals surface area (Å²) < 4.78 is 32.3. The first-order valence-corrected chi connectivity index (χ1v) is 13.0. The van der Waals surface area contributed by atoms with Crippen LogP contribution in [0.1, 0.15) is 84.5 Å². The van der Waals surface area contributed by atoms with Crippen LogP contribution < -0.4 is 0 Å². The Morgan fingerprint density at radius 1 is 0.667 bits per heavy atom. The van der Waals surface area contributed by atoms with E-state index in [0.29, 0.717) is 31.0 Å². The number of carboxylic acid groups (broad SMARTS) is 1. The Morgan fingerprint density at radius 2 is 1.05 bits per heavy atom. The second-order valence-electron chi connectivity index (χ2n) is 10.5. The lowest BCUT2D eigenvalue weighted by Gasteiger charge is -2.19. The number of aromatic carboxylic acids is 1. The molecule has 8 heteroatoms. The van der Waals surface area contributed by atoms with Gasteiger partial charge in [-0.15, -0.1) is 0 Å². The summed E-state index contributed by atoms with van der Waals surface area (Å²) in [5.74, 6) is -2.42. The van der Waals surface area contributed by atoms with E-state index in [-0.39, 0.29) is 22.7 Å². The number of halogens is 2. The molecule has 216 valence electrons. The summed E-state index contributed by atoms with van der Waals surface area (Å²) in [6, 6.07) is 22.4. The van der Waals surface area contributed by atoms with Crippen molar-refractivity contribution in [2.75, 3.05) is 0 Å². The van der Waals surface area contributed by atoms with E-state index in [2.05, 4.69) is 0 Å². The lowest BCUT2D eigenvalue weighted by molar-refractivity contribution is 0.00691. The summed E-state index contributed by atoms with van der Waals surface area (Å²) in [4.78, 5) is 43.8. The first-order valence-electron chi connectivity index (χ1n) is 13.0. The molecule has 4 rings (SSSR count). The fourth-order valence-corrected chi connectivity index (χ4v) is 3.88. The molecule has 0 saturated carbocycles. The Balaban J connectivity index is 0.000000235. The van der Waals surface area contributed by atoms with E-state index >= 15 is 0 Å². The summed E-state index contributed by atoms with van der Waals surface area (Å²) in [6.07, 6.45) is 1.97. The summed E-state index contributed by atoms with van der Waals surface area (Å²) in [5.41, 5.74) is 3.55. The highest BCUT2D eigenvalue weighted by Gasteiger charge is 2.17. The van der Waals surface area contributed by atoms with Crippen LogP contribution in [0.5, 0.6) is 0 Å². The van der Waals surface area contributed by atoms with Crippen molar-refractivity contribution in [1.82, 2.24) is 0 Å². The van der Waals surface area contributed by atoms with Gasteiger partial charge in [0.15, 0.2) is 12.6 Å². The predicted molar refractivity (Wildman–Crippen MR) is 154 cm³/mol. The van der Waals surface area contributed by atoms with Crippen LogP contribution in [0.2, 0.25) is 0 Å². The molecule has 0 aliphatic rings. The number of ether oxygens (including phenoxy) is 1. The monoisotopic (exact) mass is 572 g/mol. The van der Waals surface area contributed by atoms with E-state index in [9.17, 15) is 28.0 Å². The molecular weight excluding hydrogens is 542 g/mol. The number of benzene rings is 4. The van der Waals surface area contributed by atoms with Crippen LogP contribution in [0.4, 0.5) is 8.78 Å². The van der Waals surface area contributed by atoms with Crippen molar-refractivity contribution in [1.29, 1.82) is 0 Å². The van der Waals surface area contributed by atoms with Gasteiger partial charge in [0.1, 0.15) is 17.2 Å². The molecule has 0 fully saturated rings. The highest BCUT2D eigenvalue weighted by atomic mass is 19.1. The van der Waals surface area contributed by atoms with Crippen molar-refractivity contribution in [2.45, 2.75) is 39.2 Å². The molecule has 4 aromatic rings.